The van der Waals surface area contributed by atoms with Crippen LogP contribution < -0.4 is 5.32 Å². The van der Waals surface area contributed by atoms with Gasteiger partial charge in [-0.1, -0.05) is 12.1 Å². The van der Waals surface area contributed by atoms with Crippen molar-refractivity contribution in [2.45, 2.75) is 44.2 Å². The van der Waals surface area contributed by atoms with Crippen molar-refractivity contribution in [3.05, 3.63) is 53.1 Å². The van der Waals surface area contributed by atoms with Gasteiger partial charge in [0.25, 0.3) is 0 Å². The lowest BCUT2D eigenvalue weighted by Gasteiger charge is -2.08. The number of rotatable bonds is 6. The van der Waals surface area contributed by atoms with Crippen LogP contribution in [0.4, 0.5) is 0 Å². The summed E-state index contributed by atoms with van der Waals surface area (Å²) in [4.78, 5) is 12.1. The summed E-state index contributed by atoms with van der Waals surface area (Å²) in [5.74, 6) is 2.32. The molecule has 6 heteroatoms. The molecule has 1 N–H and O–H groups in total. The van der Waals surface area contributed by atoms with E-state index < -0.39 is 0 Å². The third-order valence-corrected chi connectivity index (χ3v) is 4.51. The van der Waals surface area contributed by atoms with Crippen molar-refractivity contribution >= 4 is 12.0 Å². The summed E-state index contributed by atoms with van der Waals surface area (Å²) in [7, 11) is 0. The van der Waals surface area contributed by atoms with Gasteiger partial charge in [-0.05, 0) is 49.5 Å². The highest BCUT2D eigenvalue weighted by Crippen LogP contribution is 2.44. The van der Waals surface area contributed by atoms with Gasteiger partial charge in [-0.25, -0.2) is 0 Å². The fourth-order valence-electron chi connectivity index (χ4n) is 2.92. The van der Waals surface area contributed by atoms with E-state index in [1.54, 1.807) is 24.3 Å². The highest BCUT2D eigenvalue weighted by Gasteiger charge is 2.36. The van der Waals surface area contributed by atoms with E-state index >= 15 is 0 Å². The number of nitrogens with one attached hydrogen (secondary N) is 1. The van der Waals surface area contributed by atoms with Crippen LogP contribution in [0.3, 0.4) is 0 Å². The first kappa shape index (κ1) is 15.6. The Morgan fingerprint density at radius 1 is 1.32 bits per heavy atom. The number of amides is 1. The van der Waals surface area contributed by atoms with Gasteiger partial charge in [0, 0.05) is 18.0 Å². The Morgan fingerprint density at radius 3 is 2.88 bits per heavy atom. The van der Waals surface area contributed by atoms with Gasteiger partial charge in [-0.2, -0.15) is 5.26 Å². The maximum atomic E-state index is 12.1. The number of benzene rings is 1. The molecule has 2 saturated carbocycles. The fourth-order valence-corrected chi connectivity index (χ4v) is 2.92. The number of nitriles is 1. The van der Waals surface area contributed by atoms with E-state index in [9.17, 15) is 4.79 Å². The van der Waals surface area contributed by atoms with Crippen LogP contribution >= 0.6 is 0 Å². The second kappa shape index (κ2) is 6.52. The number of hydrogen-bond acceptors (Lipinski definition) is 4. The van der Waals surface area contributed by atoms with Crippen LogP contribution in [0.5, 0.6) is 0 Å². The molecule has 0 saturated heterocycles. The maximum Gasteiger partial charge on any atom is 0.244 e. The minimum atomic E-state index is -0.180. The van der Waals surface area contributed by atoms with Crippen molar-refractivity contribution in [2.24, 2.45) is 0 Å². The first-order chi connectivity index (χ1) is 12.2. The standard InChI is InChI=1S/C19H19N5O/c20-11-14-3-1-2-13(10-14)4-9-18(25)21-12-17-22-23-19(15-5-6-15)24(17)16-7-8-16/h1-4,9-10,15-16H,5-8,12H2,(H,21,25)/b9-4+. The molecule has 2 fully saturated rings. The average Bonchev–Trinajstić information content (AvgIpc) is 3.57. The minimum absolute atomic E-state index is 0.180. The Morgan fingerprint density at radius 2 is 2.16 bits per heavy atom. The topological polar surface area (TPSA) is 83.6 Å². The Labute approximate surface area is 146 Å². The first-order valence-electron chi connectivity index (χ1n) is 8.64. The molecule has 1 heterocycles. The molecule has 1 amide bonds. The van der Waals surface area contributed by atoms with E-state index in [0.29, 0.717) is 24.1 Å². The number of carbonyl (C=O) groups excluding carboxylic acids is 1. The Balaban J connectivity index is 1.39. The molecule has 0 unspecified atom stereocenters. The normalized spacial score (nSPS) is 16.8. The van der Waals surface area contributed by atoms with E-state index in [1.807, 2.05) is 6.07 Å². The molecule has 2 aromatic rings. The zero-order chi connectivity index (χ0) is 17.2. The van der Waals surface area contributed by atoms with Crippen LogP contribution in [-0.4, -0.2) is 20.7 Å². The largest absolute Gasteiger partial charge is 0.345 e. The summed E-state index contributed by atoms with van der Waals surface area (Å²) < 4.78 is 2.23. The van der Waals surface area contributed by atoms with Gasteiger partial charge in [0.2, 0.25) is 5.91 Å². The van der Waals surface area contributed by atoms with Gasteiger partial charge in [0.15, 0.2) is 5.82 Å². The second-order valence-electron chi connectivity index (χ2n) is 6.64. The second-order valence-corrected chi connectivity index (χ2v) is 6.64. The predicted octanol–water partition coefficient (Wildman–Crippen LogP) is 2.69. The van der Waals surface area contributed by atoms with Crippen LogP contribution in [0.25, 0.3) is 6.08 Å². The average molecular weight is 333 g/mol. The maximum absolute atomic E-state index is 12.1. The molecule has 25 heavy (non-hydrogen) atoms. The van der Waals surface area contributed by atoms with E-state index in [2.05, 4.69) is 26.2 Å². The van der Waals surface area contributed by atoms with Crippen LogP contribution in [0.15, 0.2) is 30.3 Å². The fraction of sp³-hybridized carbons (Fsp3) is 0.368. The number of carbonyl (C=O) groups is 1. The third kappa shape index (κ3) is 3.61. The SMILES string of the molecule is N#Cc1cccc(/C=C/C(=O)NCc2nnc(C3CC3)n2C2CC2)c1. The quantitative estimate of drug-likeness (QED) is 0.824. The van der Waals surface area contributed by atoms with Crippen molar-refractivity contribution in [3.8, 4) is 6.07 Å². The summed E-state index contributed by atoms with van der Waals surface area (Å²) in [6, 6.07) is 9.74. The Kier molecular flexibility index (Phi) is 4.06. The van der Waals surface area contributed by atoms with Gasteiger partial charge in [0.1, 0.15) is 5.82 Å². The van der Waals surface area contributed by atoms with Crippen molar-refractivity contribution in [1.82, 2.24) is 20.1 Å². The monoisotopic (exact) mass is 333 g/mol. The molecule has 2 aliphatic carbocycles. The number of aromatic nitrogens is 3. The molecule has 0 atom stereocenters. The molecule has 126 valence electrons. The number of nitrogens with zero attached hydrogens (tertiary/aromatic N) is 4. The van der Waals surface area contributed by atoms with Crippen LogP contribution in [0.2, 0.25) is 0 Å². The van der Waals surface area contributed by atoms with E-state index in [0.717, 1.165) is 17.2 Å². The zero-order valence-corrected chi connectivity index (χ0v) is 13.9. The lowest BCUT2D eigenvalue weighted by Crippen LogP contribution is -2.23. The molecule has 1 aromatic heterocycles. The summed E-state index contributed by atoms with van der Waals surface area (Å²) in [5.41, 5.74) is 1.40. The first-order valence-corrected chi connectivity index (χ1v) is 8.64. The Hall–Kier alpha value is -2.94. The van der Waals surface area contributed by atoms with E-state index in [-0.39, 0.29) is 5.91 Å². The Bertz CT molecular complexity index is 868. The van der Waals surface area contributed by atoms with Crippen LogP contribution in [0, 0.1) is 11.3 Å². The van der Waals surface area contributed by atoms with Gasteiger partial charge in [0.05, 0.1) is 18.2 Å². The molecular formula is C19H19N5O. The molecule has 4 rings (SSSR count). The van der Waals surface area contributed by atoms with Gasteiger partial charge in [-0.15, -0.1) is 10.2 Å². The lowest BCUT2D eigenvalue weighted by molar-refractivity contribution is -0.116. The molecule has 6 nitrogen and oxygen atoms in total. The van der Waals surface area contributed by atoms with E-state index in [4.69, 9.17) is 5.26 Å². The van der Waals surface area contributed by atoms with E-state index in [1.165, 1.54) is 31.8 Å². The molecule has 1 aromatic carbocycles. The highest BCUT2D eigenvalue weighted by atomic mass is 16.1. The zero-order valence-electron chi connectivity index (χ0n) is 13.9. The van der Waals surface area contributed by atoms with Crippen LogP contribution in [0.1, 0.15) is 60.4 Å². The summed E-state index contributed by atoms with van der Waals surface area (Å²) >= 11 is 0. The third-order valence-electron chi connectivity index (χ3n) is 4.51. The molecule has 0 radical (unpaired) electrons. The van der Waals surface area contributed by atoms with Crippen molar-refractivity contribution < 1.29 is 4.79 Å². The molecule has 2 aliphatic rings. The van der Waals surface area contributed by atoms with Crippen molar-refractivity contribution in [3.63, 3.8) is 0 Å². The molecular weight excluding hydrogens is 314 g/mol. The smallest absolute Gasteiger partial charge is 0.244 e. The predicted molar refractivity (Wildman–Crippen MR) is 92.3 cm³/mol. The van der Waals surface area contributed by atoms with Gasteiger partial charge >= 0.3 is 0 Å². The van der Waals surface area contributed by atoms with Gasteiger partial charge < -0.3 is 9.88 Å². The van der Waals surface area contributed by atoms with Crippen LogP contribution in [-0.2, 0) is 11.3 Å². The summed E-state index contributed by atoms with van der Waals surface area (Å²) in [5, 5.41) is 20.4. The lowest BCUT2D eigenvalue weighted by atomic mass is 10.1. The molecule has 0 aliphatic heterocycles. The summed E-state index contributed by atoms with van der Waals surface area (Å²) in [6.45, 7) is 0.387. The highest BCUT2D eigenvalue weighted by molar-refractivity contribution is 5.91. The van der Waals surface area contributed by atoms with Crippen molar-refractivity contribution in [2.75, 3.05) is 0 Å². The summed E-state index contributed by atoms with van der Waals surface area (Å²) in [6.07, 6.45) is 7.93. The van der Waals surface area contributed by atoms with Crippen molar-refractivity contribution in [1.29, 1.82) is 5.26 Å². The minimum Gasteiger partial charge on any atom is -0.345 e. The number of hydrogen-bond donors (Lipinski definition) is 1. The van der Waals surface area contributed by atoms with Gasteiger partial charge in [-0.3, -0.25) is 4.79 Å². The molecule has 0 bridgehead atoms. The molecule has 0 spiro atoms.